The van der Waals surface area contributed by atoms with Crippen molar-refractivity contribution in [2.75, 3.05) is 12.4 Å². The van der Waals surface area contributed by atoms with Crippen LogP contribution in [0, 0.1) is 0 Å². The second kappa shape index (κ2) is 6.21. The molecule has 4 nitrogen and oxygen atoms in total. The molecule has 0 N–H and O–H groups in total. The summed E-state index contributed by atoms with van der Waals surface area (Å²) in [5.74, 6) is -0.334. The lowest BCUT2D eigenvalue weighted by Gasteiger charge is -2.00. The second-order valence-electron chi connectivity index (χ2n) is 2.64. The van der Waals surface area contributed by atoms with E-state index in [1.54, 1.807) is 0 Å². The van der Waals surface area contributed by atoms with Gasteiger partial charge in [-0.3, -0.25) is 4.79 Å². The zero-order valence-corrected chi connectivity index (χ0v) is 9.03. The van der Waals surface area contributed by atoms with E-state index in [2.05, 4.69) is 4.74 Å². The number of esters is 1. The van der Waals surface area contributed by atoms with Gasteiger partial charge in [0.05, 0.1) is 12.4 Å². The summed E-state index contributed by atoms with van der Waals surface area (Å²) in [6, 6.07) is 0. The Hall–Kier alpha value is -0.290. The van der Waals surface area contributed by atoms with Crippen molar-refractivity contribution in [1.82, 2.24) is 0 Å². The van der Waals surface area contributed by atoms with Crippen molar-refractivity contribution in [3.8, 4) is 0 Å². The molecule has 0 aliphatic heterocycles. The van der Waals surface area contributed by atoms with Crippen molar-refractivity contribution in [1.29, 1.82) is 0 Å². The molecule has 0 saturated heterocycles. The van der Waals surface area contributed by atoms with E-state index in [1.165, 1.54) is 6.92 Å². The molecule has 0 aromatic carbocycles. The van der Waals surface area contributed by atoms with E-state index in [1.807, 2.05) is 0 Å². The summed E-state index contributed by atoms with van der Waals surface area (Å²) in [5.41, 5.74) is 0. The van der Waals surface area contributed by atoms with Gasteiger partial charge < -0.3 is 4.74 Å². The van der Waals surface area contributed by atoms with Crippen LogP contribution < -0.4 is 0 Å². The number of ether oxygens (including phenoxy) is 1. The minimum Gasteiger partial charge on any atom is -0.466 e. The smallest absolute Gasteiger partial charge is 0.302 e. The number of hydrogen-bond acceptors (Lipinski definition) is 4. The van der Waals surface area contributed by atoms with Crippen LogP contribution in [-0.2, 0) is 18.6 Å². The molecule has 78 valence electrons. The van der Waals surface area contributed by atoms with Gasteiger partial charge in [-0.1, -0.05) is 0 Å². The Morgan fingerprint density at radius 1 is 1.31 bits per heavy atom. The van der Waals surface area contributed by atoms with E-state index in [0.29, 0.717) is 25.9 Å². The first-order valence-electron chi connectivity index (χ1n) is 3.97. The first kappa shape index (κ1) is 12.7. The number of halogens is 1. The first-order chi connectivity index (χ1) is 5.92. The SMILES string of the molecule is CC(=O)OCCCCCS(=O)(=O)Cl. The highest BCUT2D eigenvalue weighted by molar-refractivity contribution is 8.13. The van der Waals surface area contributed by atoms with E-state index < -0.39 is 9.05 Å². The molecule has 0 radical (unpaired) electrons. The standard InChI is InChI=1S/C7H13ClO4S/c1-7(9)12-5-3-2-4-6-13(8,10)11/h2-6H2,1H3. The van der Waals surface area contributed by atoms with Gasteiger partial charge in [0, 0.05) is 17.6 Å². The maximum Gasteiger partial charge on any atom is 0.302 e. The summed E-state index contributed by atoms with van der Waals surface area (Å²) in [4.78, 5) is 10.3. The van der Waals surface area contributed by atoms with Crippen molar-refractivity contribution in [3.05, 3.63) is 0 Å². The monoisotopic (exact) mass is 228 g/mol. The van der Waals surface area contributed by atoms with Crippen LogP contribution in [0.15, 0.2) is 0 Å². The molecular weight excluding hydrogens is 216 g/mol. The summed E-state index contributed by atoms with van der Waals surface area (Å²) in [6.45, 7) is 1.68. The summed E-state index contributed by atoms with van der Waals surface area (Å²) >= 11 is 0. The molecule has 0 unspecified atom stereocenters. The number of unbranched alkanes of at least 4 members (excludes halogenated alkanes) is 2. The van der Waals surface area contributed by atoms with Gasteiger partial charge in [-0.25, -0.2) is 8.42 Å². The Morgan fingerprint density at radius 2 is 1.92 bits per heavy atom. The highest BCUT2D eigenvalue weighted by Crippen LogP contribution is 2.03. The molecule has 0 saturated carbocycles. The highest BCUT2D eigenvalue weighted by Gasteiger charge is 2.03. The molecule has 0 aliphatic rings. The van der Waals surface area contributed by atoms with E-state index >= 15 is 0 Å². The van der Waals surface area contributed by atoms with Gasteiger partial charge in [-0.2, -0.15) is 0 Å². The van der Waals surface area contributed by atoms with E-state index in [9.17, 15) is 13.2 Å². The number of carbonyl (C=O) groups is 1. The summed E-state index contributed by atoms with van der Waals surface area (Å²) in [5, 5.41) is 0. The minimum atomic E-state index is -3.36. The van der Waals surface area contributed by atoms with Crippen molar-refractivity contribution >= 4 is 25.7 Å². The lowest BCUT2D eigenvalue weighted by Crippen LogP contribution is -2.02. The van der Waals surface area contributed by atoms with E-state index in [0.717, 1.165) is 0 Å². The molecule has 0 spiro atoms. The van der Waals surface area contributed by atoms with Crippen LogP contribution in [0.25, 0.3) is 0 Å². The van der Waals surface area contributed by atoms with Gasteiger partial charge in [0.2, 0.25) is 9.05 Å². The third kappa shape index (κ3) is 11.7. The average Bonchev–Trinajstić information content (AvgIpc) is 1.93. The summed E-state index contributed by atoms with van der Waals surface area (Å²) < 4.78 is 25.6. The van der Waals surface area contributed by atoms with E-state index in [4.69, 9.17) is 10.7 Å². The van der Waals surface area contributed by atoms with Crippen LogP contribution in [0.5, 0.6) is 0 Å². The predicted octanol–water partition coefficient (Wildman–Crippen LogP) is 1.29. The Bertz CT molecular complexity index is 247. The normalized spacial score (nSPS) is 11.2. The van der Waals surface area contributed by atoms with Crippen molar-refractivity contribution in [3.63, 3.8) is 0 Å². The minimum absolute atomic E-state index is 0.0192. The van der Waals surface area contributed by atoms with Crippen molar-refractivity contribution < 1.29 is 17.9 Å². The van der Waals surface area contributed by atoms with Gasteiger partial charge in [0.1, 0.15) is 0 Å². The molecule has 0 aliphatic carbocycles. The Labute approximate surface area is 82.6 Å². The third-order valence-corrected chi connectivity index (χ3v) is 2.58. The van der Waals surface area contributed by atoms with Crippen molar-refractivity contribution in [2.24, 2.45) is 0 Å². The Morgan fingerprint density at radius 3 is 2.38 bits per heavy atom. The maximum atomic E-state index is 10.5. The molecule has 0 fully saturated rings. The molecule has 0 rings (SSSR count). The quantitative estimate of drug-likeness (QED) is 0.391. The lowest BCUT2D eigenvalue weighted by molar-refractivity contribution is -0.141. The molecule has 6 heteroatoms. The number of rotatable bonds is 6. The highest BCUT2D eigenvalue weighted by atomic mass is 35.7. The van der Waals surface area contributed by atoms with Crippen LogP contribution >= 0.6 is 10.7 Å². The number of carbonyl (C=O) groups excluding carboxylic acids is 1. The van der Waals surface area contributed by atoms with Gasteiger partial charge in [0.25, 0.3) is 0 Å². The van der Waals surface area contributed by atoms with Gasteiger partial charge in [-0.15, -0.1) is 0 Å². The zero-order chi connectivity index (χ0) is 10.3. The second-order valence-corrected chi connectivity index (χ2v) is 5.54. The molecular formula is C7H13ClO4S. The molecule has 0 amide bonds. The fourth-order valence-corrected chi connectivity index (χ4v) is 1.65. The average molecular weight is 229 g/mol. The van der Waals surface area contributed by atoms with Crippen LogP contribution in [0.3, 0.4) is 0 Å². The van der Waals surface area contributed by atoms with E-state index in [-0.39, 0.29) is 11.7 Å². The molecule has 0 heterocycles. The summed E-state index contributed by atoms with van der Waals surface area (Å²) in [6.07, 6.45) is 1.87. The predicted molar refractivity (Wildman–Crippen MR) is 50.1 cm³/mol. The van der Waals surface area contributed by atoms with Crippen LogP contribution in [0.1, 0.15) is 26.2 Å². The summed E-state index contributed by atoms with van der Waals surface area (Å²) in [7, 11) is 1.62. The third-order valence-electron chi connectivity index (χ3n) is 1.34. The maximum absolute atomic E-state index is 10.5. The molecule has 0 atom stereocenters. The van der Waals surface area contributed by atoms with Crippen molar-refractivity contribution in [2.45, 2.75) is 26.2 Å². The molecule has 13 heavy (non-hydrogen) atoms. The van der Waals surface area contributed by atoms with Gasteiger partial charge in [0.15, 0.2) is 0 Å². The van der Waals surface area contributed by atoms with Crippen LogP contribution in [0.4, 0.5) is 0 Å². The molecule has 0 aromatic rings. The zero-order valence-electron chi connectivity index (χ0n) is 7.45. The molecule has 0 bridgehead atoms. The topological polar surface area (TPSA) is 60.4 Å². The van der Waals surface area contributed by atoms with Crippen LogP contribution in [-0.4, -0.2) is 26.7 Å². The Balaban J connectivity index is 3.23. The first-order valence-corrected chi connectivity index (χ1v) is 6.45. The van der Waals surface area contributed by atoms with Crippen LogP contribution in [0.2, 0.25) is 0 Å². The van der Waals surface area contributed by atoms with Gasteiger partial charge in [-0.05, 0) is 19.3 Å². The lowest BCUT2D eigenvalue weighted by atomic mass is 10.3. The largest absolute Gasteiger partial charge is 0.466 e. The molecule has 0 aromatic heterocycles. The Kier molecular flexibility index (Phi) is 6.07. The fourth-order valence-electron chi connectivity index (χ4n) is 0.769. The van der Waals surface area contributed by atoms with Gasteiger partial charge >= 0.3 is 5.97 Å². The number of hydrogen-bond donors (Lipinski definition) is 0. The fraction of sp³-hybridized carbons (Fsp3) is 0.857.